The van der Waals surface area contributed by atoms with Crippen LogP contribution in [0.2, 0.25) is 0 Å². The molecule has 1 N–H and O–H groups in total. The summed E-state index contributed by atoms with van der Waals surface area (Å²) in [4.78, 5) is 0. The smallest absolute Gasteiger partial charge is 0.00952 e. The van der Waals surface area contributed by atoms with Crippen molar-refractivity contribution in [2.24, 2.45) is 17.8 Å². The summed E-state index contributed by atoms with van der Waals surface area (Å²) in [5.41, 5.74) is 0. The van der Waals surface area contributed by atoms with Crippen molar-refractivity contribution in [1.29, 1.82) is 0 Å². The van der Waals surface area contributed by atoms with Crippen LogP contribution >= 0.6 is 0 Å². The molecule has 100 valence electrons. The quantitative estimate of drug-likeness (QED) is 0.700. The Kier molecular flexibility index (Phi) is 5.34. The fraction of sp³-hybridized carbons (Fsp3) is 1.00. The molecule has 2 aliphatic carbocycles. The van der Waals surface area contributed by atoms with Crippen molar-refractivity contribution >= 4 is 0 Å². The zero-order chi connectivity index (χ0) is 12.1. The van der Waals surface area contributed by atoms with Crippen LogP contribution in [0, 0.1) is 17.8 Å². The average molecular weight is 237 g/mol. The van der Waals surface area contributed by atoms with E-state index in [1.54, 1.807) is 0 Å². The van der Waals surface area contributed by atoms with Gasteiger partial charge in [0.25, 0.3) is 0 Å². The molecule has 3 unspecified atom stereocenters. The monoisotopic (exact) mass is 237 g/mol. The van der Waals surface area contributed by atoms with Gasteiger partial charge >= 0.3 is 0 Å². The molecule has 2 aliphatic rings. The first kappa shape index (κ1) is 13.4. The molecule has 0 spiro atoms. The van der Waals surface area contributed by atoms with Gasteiger partial charge in [-0.2, -0.15) is 0 Å². The van der Waals surface area contributed by atoms with Crippen molar-refractivity contribution in [3.63, 3.8) is 0 Å². The normalized spacial score (nSPS) is 35.3. The zero-order valence-electron chi connectivity index (χ0n) is 11.9. The molecule has 0 aromatic rings. The Morgan fingerprint density at radius 3 is 2.47 bits per heavy atom. The van der Waals surface area contributed by atoms with Gasteiger partial charge in [-0.1, -0.05) is 52.4 Å². The predicted octanol–water partition coefficient (Wildman–Crippen LogP) is 4.37. The first-order chi connectivity index (χ1) is 8.27. The molecule has 2 rings (SSSR count). The van der Waals surface area contributed by atoms with Gasteiger partial charge in [-0.05, 0) is 43.6 Å². The molecule has 2 saturated carbocycles. The van der Waals surface area contributed by atoms with Gasteiger partial charge in [0.2, 0.25) is 0 Å². The average Bonchev–Trinajstić information content (AvgIpc) is 2.83. The highest BCUT2D eigenvalue weighted by atomic mass is 14.9. The largest absolute Gasteiger partial charge is 0.314 e. The van der Waals surface area contributed by atoms with Gasteiger partial charge in [-0.15, -0.1) is 0 Å². The van der Waals surface area contributed by atoms with E-state index >= 15 is 0 Å². The molecule has 0 aliphatic heterocycles. The van der Waals surface area contributed by atoms with Gasteiger partial charge in [0.15, 0.2) is 0 Å². The van der Waals surface area contributed by atoms with E-state index in [9.17, 15) is 0 Å². The van der Waals surface area contributed by atoms with Gasteiger partial charge in [-0.25, -0.2) is 0 Å². The lowest BCUT2D eigenvalue weighted by Crippen LogP contribution is -2.41. The minimum Gasteiger partial charge on any atom is -0.314 e. The lowest BCUT2D eigenvalue weighted by atomic mass is 9.78. The first-order valence-electron chi connectivity index (χ1n) is 8.00. The summed E-state index contributed by atoms with van der Waals surface area (Å²) in [5, 5.41) is 3.83. The van der Waals surface area contributed by atoms with Crippen LogP contribution in [0.1, 0.15) is 71.6 Å². The summed E-state index contributed by atoms with van der Waals surface area (Å²) in [6.07, 6.45) is 13.2. The third-order valence-electron chi connectivity index (χ3n) is 5.38. The van der Waals surface area contributed by atoms with Crippen molar-refractivity contribution in [3.05, 3.63) is 0 Å². The van der Waals surface area contributed by atoms with Crippen LogP contribution in [0.5, 0.6) is 0 Å². The van der Waals surface area contributed by atoms with Gasteiger partial charge in [0.05, 0.1) is 0 Å². The molecule has 1 nitrogen and oxygen atoms in total. The SMILES string of the molecule is CC1CCCC(NCCCC2CCCC2)C1C. The van der Waals surface area contributed by atoms with E-state index in [1.807, 2.05) is 0 Å². The molecule has 0 radical (unpaired) electrons. The van der Waals surface area contributed by atoms with Crippen LogP contribution in [0.15, 0.2) is 0 Å². The van der Waals surface area contributed by atoms with E-state index in [1.165, 1.54) is 64.3 Å². The van der Waals surface area contributed by atoms with Crippen LogP contribution in [0.25, 0.3) is 0 Å². The summed E-state index contributed by atoms with van der Waals surface area (Å²) in [7, 11) is 0. The van der Waals surface area contributed by atoms with Crippen molar-refractivity contribution in [2.45, 2.75) is 77.7 Å². The minimum atomic E-state index is 0.808. The van der Waals surface area contributed by atoms with Gasteiger partial charge in [0.1, 0.15) is 0 Å². The number of nitrogens with one attached hydrogen (secondary N) is 1. The second-order valence-corrected chi connectivity index (χ2v) is 6.62. The molecule has 0 bridgehead atoms. The van der Waals surface area contributed by atoms with Crippen molar-refractivity contribution in [3.8, 4) is 0 Å². The second kappa shape index (κ2) is 6.78. The topological polar surface area (TPSA) is 12.0 Å². The maximum atomic E-state index is 3.83. The Balaban J connectivity index is 1.57. The summed E-state index contributed by atoms with van der Waals surface area (Å²) in [6, 6.07) is 0.808. The van der Waals surface area contributed by atoms with E-state index in [0.29, 0.717) is 0 Å². The summed E-state index contributed by atoms with van der Waals surface area (Å²) in [6.45, 7) is 6.13. The third-order valence-corrected chi connectivity index (χ3v) is 5.38. The number of hydrogen-bond donors (Lipinski definition) is 1. The van der Waals surface area contributed by atoms with Gasteiger partial charge < -0.3 is 5.32 Å². The van der Waals surface area contributed by atoms with E-state index in [2.05, 4.69) is 19.2 Å². The van der Waals surface area contributed by atoms with E-state index < -0.39 is 0 Å². The summed E-state index contributed by atoms with van der Waals surface area (Å²) >= 11 is 0. The molecule has 2 fully saturated rings. The fourth-order valence-electron chi connectivity index (χ4n) is 3.85. The number of rotatable bonds is 5. The molecular formula is C16H31N. The molecule has 3 atom stereocenters. The van der Waals surface area contributed by atoms with Gasteiger partial charge in [-0.3, -0.25) is 0 Å². The van der Waals surface area contributed by atoms with Crippen LogP contribution in [-0.2, 0) is 0 Å². The number of hydrogen-bond acceptors (Lipinski definition) is 1. The van der Waals surface area contributed by atoms with Crippen LogP contribution in [0.4, 0.5) is 0 Å². The van der Waals surface area contributed by atoms with Crippen LogP contribution in [0.3, 0.4) is 0 Å². The second-order valence-electron chi connectivity index (χ2n) is 6.62. The molecular weight excluding hydrogens is 206 g/mol. The molecule has 0 heterocycles. The Labute approximate surface area is 108 Å². The fourth-order valence-corrected chi connectivity index (χ4v) is 3.85. The Hall–Kier alpha value is -0.0400. The maximum Gasteiger partial charge on any atom is 0.00952 e. The Bertz CT molecular complexity index is 208. The van der Waals surface area contributed by atoms with E-state index in [4.69, 9.17) is 0 Å². The Morgan fingerprint density at radius 1 is 0.941 bits per heavy atom. The standard InChI is InChI=1S/C16H31N/c1-13-7-5-11-16(14(13)2)17-12-6-10-15-8-3-4-9-15/h13-17H,3-12H2,1-2H3. The van der Waals surface area contributed by atoms with Crippen LogP contribution in [-0.4, -0.2) is 12.6 Å². The molecule has 0 saturated heterocycles. The highest BCUT2D eigenvalue weighted by Crippen LogP contribution is 2.30. The predicted molar refractivity (Wildman–Crippen MR) is 75.2 cm³/mol. The minimum absolute atomic E-state index is 0.808. The highest BCUT2D eigenvalue weighted by Gasteiger charge is 2.26. The molecule has 1 heteroatoms. The van der Waals surface area contributed by atoms with Crippen molar-refractivity contribution < 1.29 is 0 Å². The molecule has 0 aromatic carbocycles. The van der Waals surface area contributed by atoms with Gasteiger partial charge in [0, 0.05) is 6.04 Å². The van der Waals surface area contributed by atoms with Crippen molar-refractivity contribution in [1.82, 2.24) is 5.32 Å². The summed E-state index contributed by atoms with van der Waals surface area (Å²) < 4.78 is 0. The summed E-state index contributed by atoms with van der Waals surface area (Å²) in [5.74, 6) is 2.88. The van der Waals surface area contributed by atoms with Crippen LogP contribution < -0.4 is 5.32 Å². The molecule has 0 amide bonds. The third kappa shape index (κ3) is 3.98. The zero-order valence-corrected chi connectivity index (χ0v) is 11.9. The molecule has 0 aromatic heterocycles. The highest BCUT2D eigenvalue weighted by molar-refractivity contribution is 4.82. The maximum absolute atomic E-state index is 3.83. The Morgan fingerprint density at radius 2 is 1.71 bits per heavy atom. The lowest BCUT2D eigenvalue weighted by molar-refractivity contribution is 0.206. The van der Waals surface area contributed by atoms with Crippen molar-refractivity contribution in [2.75, 3.05) is 6.54 Å². The van der Waals surface area contributed by atoms with E-state index in [-0.39, 0.29) is 0 Å². The van der Waals surface area contributed by atoms with E-state index in [0.717, 1.165) is 23.8 Å². The molecule has 17 heavy (non-hydrogen) atoms. The lowest BCUT2D eigenvalue weighted by Gasteiger charge is -2.34. The first-order valence-corrected chi connectivity index (χ1v) is 8.00.